The van der Waals surface area contributed by atoms with Gasteiger partial charge in [0.25, 0.3) is 0 Å². The summed E-state index contributed by atoms with van der Waals surface area (Å²) in [6, 6.07) is 14.2. The monoisotopic (exact) mass is 424 g/mol. The van der Waals surface area contributed by atoms with Gasteiger partial charge in [-0.2, -0.15) is 0 Å². The zero-order chi connectivity index (χ0) is 22.2. The van der Waals surface area contributed by atoms with Gasteiger partial charge in [-0.15, -0.1) is 0 Å². The van der Waals surface area contributed by atoms with Crippen molar-refractivity contribution in [3.05, 3.63) is 70.9 Å². The second-order valence-corrected chi connectivity index (χ2v) is 7.08. The van der Waals surface area contributed by atoms with Crippen molar-refractivity contribution in [3.8, 4) is 11.5 Å². The van der Waals surface area contributed by atoms with Gasteiger partial charge in [-0.25, -0.2) is 9.59 Å². The van der Waals surface area contributed by atoms with Crippen LogP contribution in [0.15, 0.2) is 59.8 Å². The molecule has 1 heterocycles. The third-order valence-electron chi connectivity index (χ3n) is 4.91. The minimum Gasteiger partial charge on any atom is -0.493 e. The van der Waals surface area contributed by atoms with Gasteiger partial charge in [0.15, 0.2) is 11.5 Å². The summed E-state index contributed by atoms with van der Waals surface area (Å²) in [5, 5.41) is 5.61. The lowest BCUT2D eigenvalue weighted by molar-refractivity contribution is -0.139. The molecule has 1 atom stereocenters. The first-order valence-corrected chi connectivity index (χ1v) is 10.4. The number of carbonyl (C=O) groups excluding carboxylic acids is 2. The van der Waals surface area contributed by atoms with Crippen molar-refractivity contribution >= 4 is 12.0 Å². The SMILES string of the molecule is CCCC1=C(C(=O)OCC)C(c2ccc(OC)c(OCc3ccccc3)c2)NC(=O)N1. The van der Waals surface area contributed by atoms with E-state index in [1.165, 1.54) is 0 Å². The summed E-state index contributed by atoms with van der Waals surface area (Å²) in [5.74, 6) is 0.637. The Morgan fingerprint density at radius 2 is 1.84 bits per heavy atom. The predicted molar refractivity (Wildman–Crippen MR) is 117 cm³/mol. The molecule has 31 heavy (non-hydrogen) atoms. The fourth-order valence-corrected chi connectivity index (χ4v) is 3.49. The molecule has 0 saturated carbocycles. The largest absolute Gasteiger partial charge is 0.493 e. The van der Waals surface area contributed by atoms with E-state index in [0.717, 1.165) is 12.0 Å². The number of hydrogen-bond acceptors (Lipinski definition) is 5. The van der Waals surface area contributed by atoms with Gasteiger partial charge in [0.2, 0.25) is 0 Å². The molecular formula is C24H28N2O5. The molecule has 2 amide bonds. The van der Waals surface area contributed by atoms with Gasteiger partial charge in [0.1, 0.15) is 6.61 Å². The maximum Gasteiger partial charge on any atom is 0.338 e. The Kier molecular flexibility index (Phi) is 7.54. The predicted octanol–water partition coefficient (Wildman–Crippen LogP) is 4.25. The van der Waals surface area contributed by atoms with E-state index in [1.54, 1.807) is 26.2 Å². The molecule has 7 heteroatoms. The molecule has 0 aromatic heterocycles. The zero-order valence-corrected chi connectivity index (χ0v) is 18.1. The maximum atomic E-state index is 12.8. The van der Waals surface area contributed by atoms with E-state index >= 15 is 0 Å². The lowest BCUT2D eigenvalue weighted by Crippen LogP contribution is -2.46. The maximum absolute atomic E-state index is 12.8. The van der Waals surface area contributed by atoms with Crippen LogP contribution >= 0.6 is 0 Å². The van der Waals surface area contributed by atoms with Gasteiger partial charge in [-0.3, -0.25) is 0 Å². The van der Waals surface area contributed by atoms with E-state index < -0.39 is 12.0 Å². The van der Waals surface area contributed by atoms with Crippen LogP contribution in [0.1, 0.15) is 43.9 Å². The number of carbonyl (C=O) groups is 2. The number of methoxy groups -OCH3 is 1. The smallest absolute Gasteiger partial charge is 0.338 e. The van der Waals surface area contributed by atoms with Gasteiger partial charge >= 0.3 is 12.0 Å². The molecule has 0 fully saturated rings. The van der Waals surface area contributed by atoms with Crippen molar-refractivity contribution in [2.45, 2.75) is 39.3 Å². The van der Waals surface area contributed by atoms with Crippen molar-refractivity contribution in [3.63, 3.8) is 0 Å². The first kappa shape index (κ1) is 22.2. The molecule has 1 unspecified atom stereocenters. The van der Waals surface area contributed by atoms with Crippen LogP contribution in [0, 0.1) is 0 Å². The van der Waals surface area contributed by atoms with E-state index in [1.807, 2.05) is 43.3 Å². The van der Waals surface area contributed by atoms with Gasteiger partial charge in [0, 0.05) is 5.70 Å². The molecule has 164 valence electrons. The molecule has 2 N–H and O–H groups in total. The Bertz CT molecular complexity index is 956. The molecule has 3 rings (SSSR count). The summed E-state index contributed by atoms with van der Waals surface area (Å²) in [4.78, 5) is 25.1. The molecule has 0 saturated heterocycles. The zero-order valence-electron chi connectivity index (χ0n) is 18.1. The fourth-order valence-electron chi connectivity index (χ4n) is 3.49. The van der Waals surface area contributed by atoms with E-state index in [-0.39, 0.29) is 12.6 Å². The van der Waals surface area contributed by atoms with Crippen molar-refractivity contribution < 1.29 is 23.8 Å². The second-order valence-electron chi connectivity index (χ2n) is 7.08. The van der Waals surface area contributed by atoms with Crippen molar-refractivity contribution in [1.82, 2.24) is 10.6 Å². The van der Waals surface area contributed by atoms with Crippen LogP contribution in [-0.2, 0) is 16.1 Å². The third kappa shape index (κ3) is 5.36. The van der Waals surface area contributed by atoms with Crippen LogP contribution < -0.4 is 20.1 Å². The molecule has 0 bridgehead atoms. The van der Waals surface area contributed by atoms with E-state index in [2.05, 4.69) is 10.6 Å². The fraction of sp³-hybridized carbons (Fsp3) is 0.333. The number of benzene rings is 2. The number of amides is 2. The number of rotatable bonds is 9. The lowest BCUT2D eigenvalue weighted by Gasteiger charge is -2.29. The molecule has 0 aliphatic carbocycles. The Balaban J connectivity index is 1.97. The van der Waals surface area contributed by atoms with Crippen molar-refractivity contribution in [2.24, 2.45) is 0 Å². The summed E-state index contributed by atoms with van der Waals surface area (Å²) in [7, 11) is 1.57. The van der Waals surface area contributed by atoms with Gasteiger partial charge in [-0.1, -0.05) is 49.7 Å². The first-order chi connectivity index (χ1) is 15.1. The highest BCUT2D eigenvalue weighted by Gasteiger charge is 2.33. The third-order valence-corrected chi connectivity index (χ3v) is 4.91. The topological polar surface area (TPSA) is 85.9 Å². The van der Waals surface area contributed by atoms with Crippen LogP contribution in [0.3, 0.4) is 0 Å². The molecule has 2 aromatic rings. The van der Waals surface area contributed by atoms with Crippen LogP contribution in [0.5, 0.6) is 11.5 Å². The van der Waals surface area contributed by atoms with E-state index in [0.29, 0.717) is 41.4 Å². The Labute approximate surface area is 182 Å². The van der Waals surface area contributed by atoms with E-state index in [4.69, 9.17) is 14.2 Å². The number of nitrogens with one attached hydrogen (secondary N) is 2. The van der Waals surface area contributed by atoms with Gasteiger partial charge in [-0.05, 0) is 36.6 Å². The van der Waals surface area contributed by atoms with Crippen molar-refractivity contribution in [1.29, 1.82) is 0 Å². The number of ether oxygens (including phenoxy) is 3. The van der Waals surface area contributed by atoms with Crippen LogP contribution in [-0.4, -0.2) is 25.7 Å². The molecule has 7 nitrogen and oxygen atoms in total. The Hall–Kier alpha value is -3.48. The number of hydrogen-bond donors (Lipinski definition) is 2. The highest BCUT2D eigenvalue weighted by atomic mass is 16.5. The molecule has 1 aliphatic heterocycles. The number of urea groups is 1. The quantitative estimate of drug-likeness (QED) is 0.588. The van der Waals surface area contributed by atoms with Crippen LogP contribution in [0.25, 0.3) is 0 Å². The normalized spacial score (nSPS) is 15.7. The minimum atomic E-state index is -0.653. The lowest BCUT2D eigenvalue weighted by atomic mass is 9.93. The van der Waals surface area contributed by atoms with Crippen molar-refractivity contribution in [2.75, 3.05) is 13.7 Å². The number of allylic oxidation sites excluding steroid dienone is 1. The minimum absolute atomic E-state index is 0.246. The molecular weight excluding hydrogens is 396 g/mol. The molecule has 0 radical (unpaired) electrons. The van der Waals surface area contributed by atoms with Gasteiger partial charge in [0.05, 0.1) is 25.3 Å². The molecule has 1 aliphatic rings. The van der Waals surface area contributed by atoms with E-state index in [9.17, 15) is 9.59 Å². The van der Waals surface area contributed by atoms with Gasteiger partial charge < -0.3 is 24.8 Å². The average Bonchev–Trinajstić information content (AvgIpc) is 2.78. The van der Waals surface area contributed by atoms with Crippen LogP contribution in [0.4, 0.5) is 4.79 Å². The highest BCUT2D eigenvalue weighted by molar-refractivity contribution is 5.95. The number of esters is 1. The second kappa shape index (κ2) is 10.5. The molecule has 0 spiro atoms. The summed E-state index contributed by atoms with van der Waals surface area (Å²) in [5.41, 5.74) is 2.71. The summed E-state index contributed by atoms with van der Waals surface area (Å²) < 4.78 is 16.7. The highest BCUT2D eigenvalue weighted by Crippen LogP contribution is 2.35. The standard InChI is InChI=1S/C24H28N2O5/c1-4-9-18-21(23(27)30-5-2)22(26-24(28)25-18)17-12-13-19(29-3)20(14-17)31-15-16-10-7-6-8-11-16/h6-8,10-14,22H,4-5,9,15H2,1-3H3,(H2,25,26,28). The summed E-state index contributed by atoms with van der Waals surface area (Å²) in [6.07, 6.45) is 1.34. The Morgan fingerprint density at radius 1 is 1.06 bits per heavy atom. The summed E-state index contributed by atoms with van der Waals surface area (Å²) in [6.45, 7) is 4.35. The first-order valence-electron chi connectivity index (χ1n) is 10.4. The van der Waals surface area contributed by atoms with Crippen LogP contribution in [0.2, 0.25) is 0 Å². The Morgan fingerprint density at radius 3 is 2.52 bits per heavy atom. The average molecular weight is 424 g/mol. The summed E-state index contributed by atoms with van der Waals surface area (Å²) >= 11 is 0. The molecule has 2 aromatic carbocycles.